The van der Waals surface area contributed by atoms with Gasteiger partial charge < -0.3 is 5.32 Å². The molecule has 1 heterocycles. The topological polar surface area (TPSA) is 59.8 Å². The molecule has 1 aromatic carbocycles. The summed E-state index contributed by atoms with van der Waals surface area (Å²) in [7, 11) is 0. The van der Waals surface area contributed by atoms with Crippen molar-refractivity contribution in [1.29, 1.82) is 0 Å². The zero-order valence-corrected chi connectivity index (χ0v) is 11.2. The fourth-order valence-electron chi connectivity index (χ4n) is 1.63. The first-order valence-corrected chi connectivity index (χ1v) is 6.29. The molecule has 0 saturated carbocycles. The van der Waals surface area contributed by atoms with Crippen molar-refractivity contribution in [2.45, 2.75) is 13.5 Å². The molecule has 0 saturated heterocycles. The van der Waals surface area contributed by atoms with E-state index >= 15 is 0 Å². The molecule has 20 heavy (non-hydrogen) atoms. The molecule has 0 aliphatic rings. The highest BCUT2D eigenvalue weighted by Gasteiger charge is 1.99. The molecule has 5 nitrogen and oxygen atoms in total. The van der Waals surface area contributed by atoms with E-state index < -0.39 is 0 Å². The molecule has 0 fully saturated rings. The zero-order valence-electron chi connectivity index (χ0n) is 11.2. The van der Waals surface area contributed by atoms with Crippen molar-refractivity contribution in [2.75, 3.05) is 5.32 Å². The minimum absolute atomic E-state index is 0.146. The van der Waals surface area contributed by atoms with E-state index in [0.717, 1.165) is 11.3 Å². The lowest BCUT2D eigenvalue weighted by atomic mass is 10.2. The van der Waals surface area contributed by atoms with Gasteiger partial charge in [-0.25, -0.2) is 9.67 Å². The highest BCUT2D eigenvalue weighted by molar-refractivity contribution is 5.99. The summed E-state index contributed by atoms with van der Waals surface area (Å²) < 4.78 is 1.74. The number of rotatable bonds is 5. The van der Waals surface area contributed by atoms with E-state index in [0.29, 0.717) is 6.54 Å². The largest absolute Gasteiger partial charge is 0.323 e. The van der Waals surface area contributed by atoms with Crippen LogP contribution >= 0.6 is 0 Å². The monoisotopic (exact) mass is 268 g/mol. The summed E-state index contributed by atoms with van der Waals surface area (Å²) >= 11 is 0. The number of carbonyl (C=O) groups is 1. The lowest BCUT2D eigenvalue weighted by molar-refractivity contribution is -0.111. The number of hydrogen-bond donors (Lipinski definition) is 1. The lowest BCUT2D eigenvalue weighted by Gasteiger charge is -2.04. The Bertz CT molecular complexity index is 597. The van der Waals surface area contributed by atoms with Gasteiger partial charge in [0.05, 0.1) is 6.54 Å². The molecule has 0 atom stereocenters. The predicted octanol–water partition coefficient (Wildman–Crippen LogP) is 2.40. The van der Waals surface area contributed by atoms with E-state index in [1.807, 2.05) is 37.3 Å². The van der Waals surface area contributed by atoms with Crippen LogP contribution in [0, 0.1) is 0 Å². The second kappa shape index (κ2) is 7.04. The van der Waals surface area contributed by atoms with E-state index in [1.165, 1.54) is 12.4 Å². The van der Waals surface area contributed by atoms with Crippen molar-refractivity contribution in [3.05, 3.63) is 66.8 Å². The first-order chi connectivity index (χ1) is 9.78. The number of carbonyl (C=O) groups excluding carboxylic acids is 1. The molecule has 0 unspecified atom stereocenters. The Hall–Kier alpha value is -2.69. The van der Waals surface area contributed by atoms with Crippen LogP contribution in [-0.4, -0.2) is 20.7 Å². The molecule has 1 aromatic heterocycles. The van der Waals surface area contributed by atoms with Crippen molar-refractivity contribution < 1.29 is 4.79 Å². The van der Waals surface area contributed by atoms with Crippen molar-refractivity contribution >= 4 is 11.6 Å². The molecule has 1 N–H and O–H groups in total. The maximum Gasteiger partial charge on any atom is 0.248 e. The van der Waals surface area contributed by atoms with Gasteiger partial charge in [-0.05, 0) is 24.6 Å². The van der Waals surface area contributed by atoms with E-state index in [-0.39, 0.29) is 5.91 Å². The fourth-order valence-corrected chi connectivity index (χ4v) is 1.63. The van der Waals surface area contributed by atoms with Gasteiger partial charge in [0, 0.05) is 11.8 Å². The van der Waals surface area contributed by atoms with Crippen molar-refractivity contribution in [3.8, 4) is 0 Å². The van der Waals surface area contributed by atoms with Crippen LogP contribution in [0.5, 0.6) is 0 Å². The van der Waals surface area contributed by atoms with E-state index in [4.69, 9.17) is 0 Å². The van der Waals surface area contributed by atoms with Gasteiger partial charge in [0.15, 0.2) is 0 Å². The average molecular weight is 268 g/mol. The van der Waals surface area contributed by atoms with Crippen LogP contribution in [-0.2, 0) is 11.3 Å². The van der Waals surface area contributed by atoms with Crippen LogP contribution in [0.3, 0.4) is 0 Å². The van der Waals surface area contributed by atoms with Gasteiger partial charge in [-0.15, -0.1) is 0 Å². The Morgan fingerprint density at radius 1 is 1.30 bits per heavy atom. The van der Waals surface area contributed by atoms with Crippen LogP contribution in [0.4, 0.5) is 5.69 Å². The fraction of sp³-hybridized carbons (Fsp3) is 0.133. The highest BCUT2D eigenvalue weighted by Crippen LogP contribution is 2.10. The van der Waals surface area contributed by atoms with Gasteiger partial charge in [0.2, 0.25) is 5.91 Å². The molecule has 2 rings (SSSR count). The first-order valence-electron chi connectivity index (χ1n) is 6.29. The minimum Gasteiger partial charge on any atom is -0.323 e. The van der Waals surface area contributed by atoms with Crippen LogP contribution in [0.25, 0.3) is 0 Å². The van der Waals surface area contributed by atoms with Crippen molar-refractivity contribution in [2.24, 2.45) is 0 Å². The molecule has 0 bridgehead atoms. The van der Waals surface area contributed by atoms with Gasteiger partial charge >= 0.3 is 0 Å². The van der Waals surface area contributed by atoms with Crippen molar-refractivity contribution in [1.82, 2.24) is 14.8 Å². The minimum atomic E-state index is -0.146. The molecule has 0 spiro atoms. The summed E-state index contributed by atoms with van der Waals surface area (Å²) in [6, 6.07) is 7.64. The van der Waals surface area contributed by atoms with Crippen LogP contribution in [0.2, 0.25) is 0 Å². The number of anilines is 1. The summed E-state index contributed by atoms with van der Waals surface area (Å²) in [5, 5.41) is 6.84. The molecule has 1 amide bonds. The molecular weight excluding hydrogens is 252 g/mol. The lowest BCUT2D eigenvalue weighted by Crippen LogP contribution is -2.07. The number of amides is 1. The normalized spacial score (nSPS) is 11.2. The molecule has 2 aromatic rings. The summed E-state index contributed by atoms with van der Waals surface area (Å²) in [4.78, 5) is 15.5. The van der Waals surface area contributed by atoms with Crippen LogP contribution in [0.15, 0.2) is 61.2 Å². The first kappa shape index (κ1) is 13.7. The molecular formula is C15H16N4O. The van der Waals surface area contributed by atoms with Gasteiger partial charge in [-0.1, -0.05) is 30.4 Å². The zero-order chi connectivity index (χ0) is 14.2. The van der Waals surface area contributed by atoms with E-state index in [1.54, 1.807) is 23.2 Å². The molecule has 5 heteroatoms. The Kier molecular flexibility index (Phi) is 4.83. The Labute approximate surface area is 117 Å². The maximum atomic E-state index is 11.6. The summed E-state index contributed by atoms with van der Waals surface area (Å²) in [6.45, 7) is 2.56. The average Bonchev–Trinajstić information content (AvgIpc) is 2.94. The third kappa shape index (κ3) is 4.20. The number of aromatic nitrogens is 3. The highest BCUT2D eigenvalue weighted by atomic mass is 16.1. The number of nitrogens with zero attached hydrogens (tertiary/aromatic N) is 3. The maximum absolute atomic E-state index is 11.6. The Balaban J connectivity index is 1.93. The van der Waals surface area contributed by atoms with E-state index in [2.05, 4.69) is 15.4 Å². The second-order valence-corrected chi connectivity index (χ2v) is 4.16. The van der Waals surface area contributed by atoms with Gasteiger partial charge in [0.25, 0.3) is 0 Å². The smallest absolute Gasteiger partial charge is 0.248 e. The molecule has 0 aliphatic heterocycles. The number of benzene rings is 1. The molecule has 102 valence electrons. The van der Waals surface area contributed by atoms with Gasteiger partial charge in [-0.3, -0.25) is 4.79 Å². The molecule has 0 radical (unpaired) electrons. The summed E-state index contributed by atoms with van der Waals surface area (Å²) in [5.41, 5.74) is 1.86. The van der Waals surface area contributed by atoms with Gasteiger partial charge in [-0.2, -0.15) is 5.10 Å². The summed E-state index contributed by atoms with van der Waals surface area (Å²) in [6.07, 6.45) is 10.0. The second-order valence-electron chi connectivity index (χ2n) is 4.16. The van der Waals surface area contributed by atoms with E-state index in [9.17, 15) is 4.79 Å². The standard InChI is InChI=1S/C15H16N4O/c1-2-3-4-5-15(20)18-14-8-6-13(7-9-14)10-19-12-16-11-17-19/h2-9,11-12H,10H2,1H3,(H,18,20). The number of nitrogens with one attached hydrogen (secondary N) is 1. The third-order valence-corrected chi connectivity index (χ3v) is 2.58. The SMILES string of the molecule is CC=CC=CC(=O)Nc1ccc(Cn2cncn2)cc1. The van der Waals surface area contributed by atoms with Crippen LogP contribution in [0.1, 0.15) is 12.5 Å². The van der Waals surface area contributed by atoms with Crippen LogP contribution < -0.4 is 5.32 Å². The molecule has 0 aliphatic carbocycles. The van der Waals surface area contributed by atoms with Gasteiger partial charge in [0.1, 0.15) is 12.7 Å². The number of hydrogen-bond acceptors (Lipinski definition) is 3. The van der Waals surface area contributed by atoms with Crippen molar-refractivity contribution in [3.63, 3.8) is 0 Å². The third-order valence-electron chi connectivity index (χ3n) is 2.58. The summed E-state index contributed by atoms with van der Waals surface area (Å²) in [5.74, 6) is -0.146. The Morgan fingerprint density at radius 3 is 2.75 bits per heavy atom. The Morgan fingerprint density at radius 2 is 2.10 bits per heavy atom. The predicted molar refractivity (Wildman–Crippen MR) is 78.1 cm³/mol. The number of allylic oxidation sites excluding steroid dienone is 3. The quantitative estimate of drug-likeness (QED) is 0.669.